The van der Waals surface area contributed by atoms with Crippen LogP contribution in [0.15, 0.2) is 36.2 Å². The zero-order valence-electron chi connectivity index (χ0n) is 8.22. The molecule has 1 heterocycles. The van der Waals surface area contributed by atoms with Gasteiger partial charge in [-0.1, -0.05) is 17.7 Å². The van der Waals surface area contributed by atoms with E-state index in [4.69, 9.17) is 17.3 Å². The fourth-order valence-electron chi connectivity index (χ4n) is 1.49. The molecule has 0 fully saturated rings. The molecule has 0 spiro atoms. The number of thiol groups is 1. The number of hydrogen-bond donors (Lipinski definition) is 3. The van der Waals surface area contributed by atoms with Crippen LogP contribution in [0.2, 0.25) is 5.02 Å². The van der Waals surface area contributed by atoms with E-state index < -0.39 is 5.50 Å². The smallest absolute Gasteiger partial charge is 0.249 e. The molecule has 1 atom stereocenters. The second-order valence-electron chi connectivity index (χ2n) is 3.30. The van der Waals surface area contributed by atoms with E-state index >= 15 is 0 Å². The highest BCUT2D eigenvalue weighted by Gasteiger charge is 2.24. The van der Waals surface area contributed by atoms with Crippen molar-refractivity contribution in [3.8, 4) is 0 Å². The molecule has 1 aromatic carbocycles. The summed E-state index contributed by atoms with van der Waals surface area (Å²) in [5.74, 6) is 0.0850. The van der Waals surface area contributed by atoms with E-state index in [-0.39, 0.29) is 5.91 Å². The largest absolute Gasteiger partial charge is 0.385 e. The number of anilines is 1. The third-order valence-corrected chi connectivity index (χ3v) is 2.75. The number of benzene rings is 1. The van der Waals surface area contributed by atoms with Crippen molar-refractivity contribution in [3.63, 3.8) is 0 Å². The predicted molar refractivity (Wildman–Crippen MR) is 67.1 cm³/mol. The van der Waals surface area contributed by atoms with Gasteiger partial charge in [0.2, 0.25) is 5.91 Å². The van der Waals surface area contributed by atoms with Gasteiger partial charge in [0.15, 0.2) is 5.50 Å². The highest BCUT2D eigenvalue weighted by Crippen LogP contribution is 2.25. The summed E-state index contributed by atoms with van der Waals surface area (Å²) in [4.78, 5) is 12.8. The van der Waals surface area contributed by atoms with Crippen molar-refractivity contribution < 1.29 is 4.79 Å². The monoisotopic (exact) mass is 255 g/mol. The van der Waals surface area contributed by atoms with Crippen LogP contribution in [0, 0.1) is 0 Å². The summed E-state index contributed by atoms with van der Waals surface area (Å²) in [6.45, 7) is 0. The Morgan fingerprint density at radius 2 is 2.25 bits per heavy atom. The summed E-state index contributed by atoms with van der Waals surface area (Å²) in [7, 11) is 0. The molecule has 0 bridgehead atoms. The average Bonchev–Trinajstić information content (AvgIpc) is 2.15. The molecule has 3 N–H and O–H groups in total. The molecule has 2 rings (SSSR count). The lowest BCUT2D eigenvalue weighted by Gasteiger charge is -2.33. The number of hydrogen-bond acceptors (Lipinski definition) is 4. The Morgan fingerprint density at radius 3 is 2.88 bits per heavy atom. The van der Waals surface area contributed by atoms with Crippen molar-refractivity contribution in [2.75, 3.05) is 4.90 Å². The van der Waals surface area contributed by atoms with Gasteiger partial charge in [-0.05, 0) is 18.2 Å². The number of rotatable bonds is 1. The fourth-order valence-corrected chi connectivity index (χ4v) is 2.07. The van der Waals surface area contributed by atoms with E-state index in [0.717, 1.165) is 5.69 Å². The van der Waals surface area contributed by atoms with Crippen LogP contribution >= 0.6 is 24.2 Å². The summed E-state index contributed by atoms with van der Waals surface area (Å²) in [6, 6.07) is 7.17. The van der Waals surface area contributed by atoms with Gasteiger partial charge in [-0.3, -0.25) is 9.69 Å². The number of carbonyl (C=O) groups excluding carboxylic acids is 1. The fraction of sp³-hybridized carbons (Fsp3) is 0.100. The first kappa shape index (κ1) is 11.2. The molecule has 0 saturated carbocycles. The maximum Gasteiger partial charge on any atom is 0.249 e. The predicted octanol–water partition coefficient (Wildman–Crippen LogP) is 1.29. The Kier molecular flexibility index (Phi) is 2.98. The van der Waals surface area contributed by atoms with Crippen molar-refractivity contribution in [3.05, 3.63) is 41.2 Å². The second kappa shape index (κ2) is 4.27. The molecule has 0 saturated heterocycles. The topological polar surface area (TPSA) is 58.4 Å². The van der Waals surface area contributed by atoms with Gasteiger partial charge in [-0.15, -0.1) is 12.6 Å². The standard InChI is InChI=1S/C10H10ClN3OS/c11-6-2-1-3-7(4-6)14-8(12)5-9(15)13-10(14)16/h1-5,10,16H,12H2,(H,13,15). The third kappa shape index (κ3) is 2.10. The van der Waals surface area contributed by atoms with Gasteiger partial charge >= 0.3 is 0 Å². The normalized spacial score (nSPS) is 20.4. The van der Waals surface area contributed by atoms with Gasteiger partial charge in [-0.25, -0.2) is 0 Å². The number of carbonyl (C=O) groups is 1. The molecule has 1 unspecified atom stereocenters. The quantitative estimate of drug-likeness (QED) is 0.663. The minimum Gasteiger partial charge on any atom is -0.385 e. The van der Waals surface area contributed by atoms with E-state index in [1.165, 1.54) is 6.08 Å². The van der Waals surface area contributed by atoms with Gasteiger partial charge in [0.1, 0.15) is 5.82 Å². The van der Waals surface area contributed by atoms with E-state index in [2.05, 4.69) is 17.9 Å². The average molecular weight is 256 g/mol. The summed E-state index contributed by atoms with van der Waals surface area (Å²) in [6.07, 6.45) is 1.31. The van der Waals surface area contributed by atoms with Crippen LogP contribution in [-0.2, 0) is 4.79 Å². The number of nitrogens with two attached hydrogens (primary N) is 1. The van der Waals surface area contributed by atoms with Crippen LogP contribution in [0.5, 0.6) is 0 Å². The summed E-state index contributed by atoms with van der Waals surface area (Å²) < 4.78 is 0. The minimum absolute atomic E-state index is 0.254. The van der Waals surface area contributed by atoms with Gasteiger partial charge in [-0.2, -0.15) is 0 Å². The molecule has 1 aromatic rings. The van der Waals surface area contributed by atoms with Crippen molar-refractivity contribution in [2.45, 2.75) is 5.50 Å². The first-order valence-electron chi connectivity index (χ1n) is 4.58. The van der Waals surface area contributed by atoms with Crippen molar-refractivity contribution in [2.24, 2.45) is 5.73 Å². The Hall–Kier alpha value is -1.33. The Morgan fingerprint density at radius 1 is 1.50 bits per heavy atom. The van der Waals surface area contributed by atoms with E-state index in [1.54, 1.807) is 17.0 Å². The summed E-state index contributed by atoms with van der Waals surface area (Å²) in [5, 5.41) is 3.23. The van der Waals surface area contributed by atoms with E-state index in [1.807, 2.05) is 12.1 Å². The van der Waals surface area contributed by atoms with Crippen molar-refractivity contribution in [1.29, 1.82) is 0 Å². The van der Waals surface area contributed by atoms with Crippen LogP contribution in [0.3, 0.4) is 0 Å². The lowest BCUT2D eigenvalue weighted by atomic mass is 10.2. The van der Waals surface area contributed by atoms with Gasteiger partial charge in [0.25, 0.3) is 0 Å². The summed E-state index contributed by atoms with van der Waals surface area (Å²) in [5.41, 5.74) is 6.07. The number of nitrogens with zero attached hydrogens (tertiary/aromatic N) is 1. The molecule has 16 heavy (non-hydrogen) atoms. The van der Waals surface area contributed by atoms with Gasteiger partial charge in [0.05, 0.1) is 0 Å². The van der Waals surface area contributed by atoms with Crippen molar-refractivity contribution >= 4 is 35.8 Å². The SMILES string of the molecule is NC1=CC(=O)NC(S)N1c1cccc(Cl)c1. The first-order chi connectivity index (χ1) is 7.58. The van der Waals surface area contributed by atoms with E-state index in [0.29, 0.717) is 10.8 Å². The minimum atomic E-state index is -0.490. The zero-order chi connectivity index (χ0) is 11.7. The molecule has 0 aromatic heterocycles. The molecular formula is C10H10ClN3OS. The van der Waals surface area contributed by atoms with Crippen LogP contribution in [0.25, 0.3) is 0 Å². The van der Waals surface area contributed by atoms with E-state index in [9.17, 15) is 4.79 Å². The molecule has 6 heteroatoms. The Bertz CT molecular complexity index is 463. The molecule has 1 amide bonds. The van der Waals surface area contributed by atoms with Crippen LogP contribution in [0.1, 0.15) is 0 Å². The second-order valence-corrected chi connectivity index (χ2v) is 4.23. The highest BCUT2D eigenvalue weighted by atomic mass is 35.5. The lowest BCUT2D eigenvalue weighted by molar-refractivity contribution is -0.117. The molecular weight excluding hydrogens is 246 g/mol. The summed E-state index contributed by atoms with van der Waals surface area (Å²) >= 11 is 10.1. The number of amides is 1. The van der Waals surface area contributed by atoms with Crippen LogP contribution in [0.4, 0.5) is 5.69 Å². The molecule has 1 aliphatic rings. The highest BCUT2D eigenvalue weighted by molar-refractivity contribution is 7.81. The third-order valence-electron chi connectivity index (χ3n) is 2.16. The number of halogens is 1. The molecule has 0 aliphatic carbocycles. The van der Waals surface area contributed by atoms with Crippen LogP contribution < -0.4 is 16.0 Å². The maximum atomic E-state index is 11.2. The number of nitrogens with one attached hydrogen (secondary N) is 1. The van der Waals surface area contributed by atoms with Gasteiger partial charge in [0, 0.05) is 16.8 Å². The van der Waals surface area contributed by atoms with Crippen molar-refractivity contribution in [1.82, 2.24) is 5.32 Å². The Balaban J connectivity index is 2.40. The molecule has 4 nitrogen and oxygen atoms in total. The Labute approximate surface area is 103 Å². The first-order valence-corrected chi connectivity index (χ1v) is 5.48. The molecule has 0 radical (unpaired) electrons. The lowest BCUT2D eigenvalue weighted by Crippen LogP contribution is -2.50. The van der Waals surface area contributed by atoms with Gasteiger partial charge < -0.3 is 11.1 Å². The van der Waals surface area contributed by atoms with Crippen LogP contribution in [-0.4, -0.2) is 11.4 Å². The zero-order valence-corrected chi connectivity index (χ0v) is 9.87. The molecule has 1 aliphatic heterocycles. The maximum absolute atomic E-state index is 11.2. The molecule has 84 valence electrons.